The Balaban J connectivity index is 1.73. The minimum absolute atomic E-state index is 0.0282. The van der Waals surface area contributed by atoms with Crippen LogP contribution < -0.4 is 15.9 Å². The van der Waals surface area contributed by atoms with Gasteiger partial charge in [0, 0.05) is 5.56 Å². The Hall–Kier alpha value is -3.08. The van der Waals surface area contributed by atoms with Crippen molar-refractivity contribution in [2.45, 2.75) is 32.5 Å². The van der Waals surface area contributed by atoms with Crippen LogP contribution in [-0.4, -0.2) is 19.1 Å². The van der Waals surface area contributed by atoms with E-state index in [-0.39, 0.29) is 17.1 Å². The molecule has 1 radical (unpaired) electrons. The molecule has 0 fully saturated rings. The lowest BCUT2D eigenvalue weighted by molar-refractivity contribution is 0.0735. The largest absolute Gasteiger partial charge is 0.423 e. The fourth-order valence-electron chi connectivity index (χ4n) is 2.89. The van der Waals surface area contributed by atoms with E-state index in [0.29, 0.717) is 16.9 Å². The van der Waals surface area contributed by atoms with E-state index in [4.69, 9.17) is 15.9 Å². The lowest BCUT2D eigenvalue weighted by Gasteiger charge is -2.21. The minimum atomic E-state index is -0.388. The number of fused-ring (bicyclic) bond motifs is 1. The number of hydrogen-bond donors (Lipinski definition) is 2. The molecular weight excluding hydrogens is 347 g/mol. The van der Waals surface area contributed by atoms with E-state index in [9.17, 15) is 4.79 Å². The first-order valence-corrected chi connectivity index (χ1v) is 9.34. The maximum Gasteiger partial charge on any atom is 0.343 e. The SMILES string of the molecule is CCC(C)(C)[B]c1ccc(C(=O)Oc2ccc3cc(C(=N)N)ccc3c2)cc1. The molecule has 28 heavy (non-hydrogen) atoms. The molecule has 3 aromatic carbocycles. The van der Waals surface area contributed by atoms with Crippen LogP contribution in [0.3, 0.4) is 0 Å². The van der Waals surface area contributed by atoms with Crippen LogP contribution in [0.4, 0.5) is 0 Å². The van der Waals surface area contributed by atoms with E-state index in [1.165, 1.54) is 0 Å². The van der Waals surface area contributed by atoms with E-state index in [2.05, 4.69) is 28.1 Å². The third-order valence-corrected chi connectivity index (χ3v) is 4.95. The molecule has 0 aromatic heterocycles. The molecule has 0 aliphatic heterocycles. The zero-order chi connectivity index (χ0) is 20.3. The topological polar surface area (TPSA) is 76.2 Å². The summed E-state index contributed by atoms with van der Waals surface area (Å²) in [6.07, 6.45) is 1.05. The Morgan fingerprint density at radius 1 is 1.00 bits per heavy atom. The highest BCUT2D eigenvalue weighted by Gasteiger charge is 2.18. The first-order chi connectivity index (χ1) is 13.3. The summed E-state index contributed by atoms with van der Waals surface area (Å²) in [5.41, 5.74) is 7.80. The molecule has 0 spiro atoms. The number of amidine groups is 1. The van der Waals surface area contributed by atoms with Gasteiger partial charge < -0.3 is 10.5 Å². The molecule has 0 atom stereocenters. The maximum absolute atomic E-state index is 12.5. The summed E-state index contributed by atoms with van der Waals surface area (Å²) in [5, 5.41) is 9.50. The van der Waals surface area contributed by atoms with Crippen molar-refractivity contribution in [1.82, 2.24) is 0 Å². The first-order valence-electron chi connectivity index (χ1n) is 9.34. The lowest BCUT2D eigenvalue weighted by atomic mass is 9.49. The zero-order valence-corrected chi connectivity index (χ0v) is 16.5. The van der Waals surface area contributed by atoms with Gasteiger partial charge in [0.05, 0.1) is 5.56 Å². The number of ether oxygens (including phenoxy) is 1. The van der Waals surface area contributed by atoms with Crippen LogP contribution in [0, 0.1) is 5.41 Å². The summed E-state index contributed by atoms with van der Waals surface area (Å²) in [4.78, 5) is 12.5. The summed E-state index contributed by atoms with van der Waals surface area (Å²) >= 11 is 0. The number of nitrogen functional groups attached to an aromatic ring is 1. The summed E-state index contributed by atoms with van der Waals surface area (Å²) in [5.74, 6) is 0.122. The highest BCUT2D eigenvalue weighted by molar-refractivity contribution is 6.56. The normalized spacial score (nSPS) is 11.2. The number of esters is 1. The molecule has 4 nitrogen and oxygen atoms in total. The summed E-state index contributed by atoms with van der Waals surface area (Å²) in [6, 6.07) is 18.4. The van der Waals surface area contributed by atoms with Gasteiger partial charge in [-0.3, -0.25) is 5.41 Å². The van der Waals surface area contributed by atoms with E-state index in [1.54, 1.807) is 24.3 Å². The molecule has 0 amide bonds. The van der Waals surface area contributed by atoms with E-state index >= 15 is 0 Å². The molecule has 3 rings (SSSR count). The van der Waals surface area contributed by atoms with Crippen LogP contribution in [0.2, 0.25) is 5.31 Å². The number of carbonyl (C=O) groups is 1. The van der Waals surface area contributed by atoms with Crippen molar-refractivity contribution in [2.75, 3.05) is 0 Å². The zero-order valence-electron chi connectivity index (χ0n) is 16.5. The number of nitrogens with one attached hydrogen (secondary N) is 1. The van der Waals surface area contributed by atoms with Gasteiger partial charge in [0.1, 0.15) is 11.6 Å². The Kier molecular flexibility index (Phi) is 5.54. The molecule has 0 aliphatic rings. The highest BCUT2D eigenvalue weighted by atomic mass is 16.5. The van der Waals surface area contributed by atoms with Gasteiger partial charge in [0.2, 0.25) is 0 Å². The van der Waals surface area contributed by atoms with Crippen LogP contribution in [0.5, 0.6) is 5.75 Å². The Labute approximate surface area is 166 Å². The second kappa shape index (κ2) is 7.89. The van der Waals surface area contributed by atoms with Gasteiger partial charge in [-0.15, -0.1) is 0 Å². The lowest BCUT2D eigenvalue weighted by Crippen LogP contribution is -2.25. The number of nitrogens with two attached hydrogens (primary N) is 1. The van der Waals surface area contributed by atoms with Crippen molar-refractivity contribution in [3.63, 3.8) is 0 Å². The van der Waals surface area contributed by atoms with Crippen molar-refractivity contribution in [3.05, 3.63) is 71.8 Å². The second-order valence-electron chi connectivity index (χ2n) is 7.64. The quantitative estimate of drug-likeness (QED) is 0.223. The molecule has 0 aliphatic carbocycles. The molecule has 3 aromatic rings. The van der Waals surface area contributed by atoms with E-state index in [1.807, 2.05) is 36.4 Å². The fourth-order valence-corrected chi connectivity index (χ4v) is 2.89. The van der Waals surface area contributed by atoms with Crippen molar-refractivity contribution in [2.24, 2.45) is 5.73 Å². The molecule has 0 saturated carbocycles. The molecule has 3 N–H and O–H groups in total. The average Bonchev–Trinajstić information content (AvgIpc) is 2.67. The van der Waals surface area contributed by atoms with Crippen LogP contribution >= 0.6 is 0 Å². The van der Waals surface area contributed by atoms with Crippen LogP contribution in [0.1, 0.15) is 43.1 Å². The van der Waals surface area contributed by atoms with Gasteiger partial charge in [0.25, 0.3) is 0 Å². The molecule has 0 saturated heterocycles. The second-order valence-corrected chi connectivity index (χ2v) is 7.64. The van der Waals surface area contributed by atoms with Gasteiger partial charge in [0.15, 0.2) is 7.28 Å². The highest BCUT2D eigenvalue weighted by Crippen LogP contribution is 2.26. The molecule has 141 valence electrons. The van der Waals surface area contributed by atoms with Crippen molar-refractivity contribution >= 4 is 35.3 Å². The van der Waals surface area contributed by atoms with Gasteiger partial charge in [-0.25, -0.2) is 4.79 Å². The van der Waals surface area contributed by atoms with Crippen molar-refractivity contribution < 1.29 is 9.53 Å². The predicted molar refractivity (Wildman–Crippen MR) is 116 cm³/mol. The summed E-state index contributed by atoms with van der Waals surface area (Å²) in [6.45, 7) is 6.54. The standard InChI is InChI=1S/C23H24BN2O2/c1-4-23(2,3)24-19-10-7-15(8-11-19)22(27)28-20-12-9-16-13-18(21(25)26)6-5-17(16)14-20/h5-14H,4H2,1-3H3,(H3,25,26). The number of benzene rings is 3. The minimum Gasteiger partial charge on any atom is -0.423 e. The van der Waals surface area contributed by atoms with Gasteiger partial charge >= 0.3 is 5.97 Å². The van der Waals surface area contributed by atoms with Crippen molar-refractivity contribution in [1.29, 1.82) is 5.41 Å². The Morgan fingerprint density at radius 2 is 1.61 bits per heavy atom. The van der Waals surface area contributed by atoms with Crippen LogP contribution in [-0.2, 0) is 0 Å². The Morgan fingerprint density at radius 3 is 2.25 bits per heavy atom. The number of carbonyl (C=O) groups excluding carboxylic acids is 1. The number of hydrogen-bond acceptors (Lipinski definition) is 3. The van der Waals surface area contributed by atoms with Gasteiger partial charge in [-0.2, -0.15) is 0 Å². The first kappa shape index (κ1) is 19.7. The van der Waals surface area contributed by atoms with Crippen LogP contribution in [0.25, 0.3) is 10.8 Å². The molecular formula is C23H24BN2O2. The van der Waals surface area contributed by atoms with Gasteiger partial charge in [-0.1, -0.05) is 68.3 Å². The van der Waals surface area contributed by atoms with Crippen LogP contribution in [0.15, 0.2) is 60.7 Å². The smallest absolute Gasteiger partial charge is 0.343 e. The molecule has 0 heterocycles. The van der Waals surface area contributed by atoms with Gasteiger partial charge in [-0.05, 0) is 41.1 Å². The van der Waals surface area contributed by atoms with E-state index < -0.39 is 0 Å². The van der Waals surface area contributed by atoms with E-state index in [0.717, 1.165) is 22.7 Å². The molecule has 0 bridgehead atoms. The summed E-state index contributed by atoms with van der Waals surface area (Å²) < 4.78 is 5.53. The molecule has 0 unspecified atom stereocenters. The predicted octanol–water partition coefficient (Wildman–Crippen LogP) is 4.28. The fraction of sp³-hybridized carbons (Fsp3) is 0.217. The van der Waals surface area contributed by atoms with Crippen molar-refractivity contribution in [3.8, 4) is 5.75 Å². The maximum atomic E-state index is 12.5. The monoisotopic (exact) mass is 371 g/mol. The average molecular weight is 371 g/mol. The third kappa shape index (κ3) is 4.60. The molecule has 5 heteroatoms. The summed E-state index contributed by atoms with van der Waals surface area (Å²) in [7, 11) is 2.21. The number of rotatable bonds is 6. The Bertz CT molecular complexity index is 1030. The third-order valence-electron chi connectivity index (χ3n) is 4.95.